The van der Waals surface area contributed by atoms with Crippen molar-refractivity contribution < 1.29 is 28.6 Å². The monoisotopic (exact) mass is 412 g/mol. The second-order valence-electron chi connectivity index (χ2n) is 7.05. The van der Waals surface area contributed by atoms with Gasteiger partial charge in [0.2, 0.25) is 0 Å². The third kappa shape index (κ3) is 3.78. The average molecular weight is 412 g/mol. The van der Waals surface area contributed by atoms with Crippen molar-refractivity contribution in [3.8, 4) is 0 Å². The Hall–Kier alpha value is -3.26. The molecule has 1 saturated heterocycles. The number of hydrogen-bond acceptors (Lipinski definition) is 8. The van der Waals surface area contributed by atoms with Crippen LogP contribution in [0, 0.1) is 11.8 Å². The first-order valence-corrected chi connectivity index (χ1v) is 9.45. The lowest BCUT2D eigenvalue weighted by Crippen LogP contribution is -2.57. The van der Waals surface area contributed by atoms with Gasteiger partial charge in [-0.2, -0.15) is 0 Å². The summed E-state index contributed by atoms with van der Waals surface area (Å²) in [5, 5.41) is 3.21. The van der Waals surface area contributed by atoms with E-state index in [4.69, 9.17) is 14.2 Å². The minimum atomic E-state index is -1.55. The number of ether oxygens (including phenoxy) is 3. The average Bonchev–Trinajstić information content (AvgIpc) is 3.14. The number of esters is 3. The van der Waals surface area contributed by atoms with E-state index in [-0.39, 0.29) is 6.42 Å². The molecule has 0 radical (unpaired) electrons. The van der Waals surface area contributed by atoms with Gasteiger partial charge in [-0.1, -0.05) is 36.4 Å². The molecular weight excluding hydrogens is 388 g/mol. The van der Waals surface area contributed by atoms with Gasteiger partial charge in [0.25, 0.3) is 0 Å². The molecule has 1 aliphatic rings. The molecule has 0 saturated carbocycles. The van der Waals surface area contributed by atoms with Gasteiger partial charge >= 0.3 is 17.9 Å². The number of methoxy groups -OCH3 is 3. The number of carbonyl (C=O) groups is 3. The molecule has 1 aromatic carbocycles. The Morgan fingerprint density at radius 1 is 0.933 bits per heavy atom. The van der Waals surface area contributed by atoms with Crippen molar-refractivity contribution in [2.45, 2.75) is 18.0 Å². The Balaban J connectivity index is 2.20. The van der Waals surface area contributed by atoms with Gasteiger partial charge in [-0.25, -0.2) is 0 Å². The second kappa shape index (κ2) is 9.04. The third-order valence-corrected chi connectivity index (χ3v) is 5.47. The summed E-state index contributed by atoms with van der Waals surface area (Å²) in [5.74, 6) is -4.26. The normalized spacial score (nSPS) is 25.4. The number of rotatable bonds is 6. The molecule has 30 heavy (non-hydrogen) atoms. The fourth-order valence-electron chi connectivity index (χ4n) is 4.18. The fraction of sp³-hybridized carbons (Fsp3) is 0.364. The zero-order valence-electron chi connectivity index (χ0n) is 17.0. The van der Waals surface area contributed by atoms with Crippen LogP contribution < -0.4 is 5.32 Å². The second-order valence-corrected chi connectivity index (χ2v) is 7.05. The van der Waals surface area contributed by atoms with Crippen molar-refractivity contribution in [2.75, 3.05) is 21.3 Å². The molecule has 0 bridgehead atoms. The summed E-state index contributed by atoms with van der Waals surface area (Å²) in [6, 6.07) is 13.6. The summed E-state index contributed by atoms with van der Waals surface area (Å²) in [7, 11) is 3.70. The smallest absolute Gasteiger partial charge is 0.327 e. The van der Waals surface area contributed by atoms with E-state index < -0.39 is 41.3 Å². The number of aromatic nitrogens is 1. The van der Waals surface area contributed by atoms with E-state index in [1.54, 1.807) is 24.4 Å². The van der Waals surface area contributed by atoms with E-state index in [1.165, 1.54) is 21.3 Å². The Bertz CT molecular complexity index is 904. The molecule has 0 spiro atoms. The van der Waals surface area contributed by atoms with Gasteiger partial charge < -0.3 is 14.2 Å². The van der Waals surface area contributed by atoms with Gasteiger partial charge in [-0.15, -0.1) is 0 Å². The maximum absolute atomic E-state index is 13.1. The highest BCUT2D eigenvalue weighted by Crippen LogP contribution is 2.46. The highest BCUT2D eigenvalue weighted by molar-refractivity contribution is 5.94. The van der Waals surface area contributed by atoms with Crippen LogP contribution in [0.15, 0.2) is 54.7 Å². The maximum Gasteiger partial charge on any atom is 0.327 e. The number of benzene rings is 1. The minimum Gasteiger partial charge on any atom is -0.469 e. The van der Waals surface area contributed by atoms with E-state index in [1.807, 2.05) is 30.3 Å². The van der Waals surface area contributed by atoms with E-state index >= 15 is 0 Å². The van der Waals surface area contributed by atoms with Crippen LogP contribution in [0.1, 0.15) is 17.3 Å². The first-order valence-electron chi connectivity index (χ1n) is 9.45. The molecule has 1 aliphatic heterocycles. The minimum absolute atomic E-state index is 0.108. The van der Waals surface area contributed by atoms with Crippen molar-refractivity contribution in [1.29, 1.82) is 0 Å². The van der Waals surface area contributed by atoms with Crippen molar-refractivity contribution in [3.05, 3.63) is 66.0 Å². The van der Waals surface area contributed by atoms with Crippen LogP contribution in [0.25, 0.3) is 0 Å². The molecular formula is C22H24N2O6. The fourth-order valence-corrected chi connectivity index (χ4v) is 4.18. The molecule has 1 N–H and O–H groups in total. The highest BCUT2D eigenvalue weighted by atomic mass is 16.5. The lowest BCUT2D eigenvalue weighted by Gasteiger charge is -2.32. The van der Waals surface area contributed by atoms with Crippen LogP contribution in [0.3, 0.4) is 0 Å². The molecule has 3 rings (SSSR count). The first kappa shape index (κ1) is 21.4. The predicted octanol–water partition coefficient (Wildman–Crippen LogP) is 1.46. The van der Waals surface area contributed by atoms with Crippen LogP contribution >= 0.6 is 0 Å². The highest BCUT2D eigenvalue weighted by Gasteiger charge is 2.65. The zero-order valence-corrected chi connectivity index (χ0v) is 17.0. The zero-order chi connectivity index (χ0) is 21.7. The van der Waals surface area contributed by atoms with E-state index in [2.05, 4.69) is 10.3 Å². The Morgan fingerprint density at radius 3 is 2.17 bits per heavy atom. The Labute approximate surface area is 174 Å². The van der Waals surface area contributed by atoms with Crippen LogP contribution in [0.4, 0.5) is 0 Å². The van der Waals surface area contributed by atoms with Crippen molar-refractivity contribution in [3.63, 3.8) is 0 Å². The molecule has 8 heteroatoms. The molecule has 0 amide bonds. The number of hydrogen-bond donors (Lipinski definition) is 1. The summed E-state index contributed by atoms with van der Waals surface area (Å²) in [4.78, 5) is 43.2. The van der Waals surface area contributed by atoms with Crippen LogP contribution in [0.5, 0.6) is 0 Å². The van der Waals surface area contributed by atoms with Gasteiger partial charge in [-0.05, 0) is 17.7 Å². The Kier molecular flexibility index (Phi) is 6.47. The third-order valence-electron chi connectivity index (χ3n) is 5.47. The van der Waals surface area contributed by atoms with Crippen LogP contribution in [-0.4, -0.2) is 49.8 Å². The van der Waals surface area contributed by atoms with Crippen molar-refractivity contribution in [2.24, 2.45) is 11.8 Å². The molecule has 0 aliphatic carbocycles. The summed E-state index contributed by atoms with van der Waals surface area (Å²) in [5.41, 5.74) is -0.264. The van der Waals surface area contributed by atoms with E-state index in [9.17, 15) is 14.4 Å². The predicted molar refractivity (Wildman–Crippen MR) is 106 cm³/mol. The topological polar surface area (TPSA) is 104 Å². The van der Waals surface area contributed by atoms with E-state index in [0.29, 0.717) is 5.69 Å². The van der Waals surface area contributed by atoms with E-state index in [0.717, 1.165) is 5.56 Å². The lowest BCUT2D eigenvalue weighted by molar-refractivity contribution is -0.164. The van der Waals surface area contributed by atoms with Gasteiger partial charge in [0.15, 0.2) is 0 Å². The van der Waals surface area contributed by atoms with Crippen LogP contribution in [-0.2, 0) is 35.0 Å². The summed E-state index contributed by atoms with van der Waals surface area (Å²) in [6.07, 6.45) is 1.69. The van der Waals surface area contributed by atoms with Crippen molar-refractivity contribution >= 4 is 17.9 Å². The quantitative estimate of drug-likeness (QED) is 0.562. The summed E-state index contributed by atoms with van der Waals surface area (Å²) in [6.45, 7) is 0. The largest absolute Gasteiger partial charge is 0.469 e. The molecule has 0 unspecified atom stereocenters. The molecule has 1 aromatic heterocycles. The standard InChI is InChI=1S/C22H24N2O6/c1-28-19(25)16-17(20(26)29-2)22(21(27)30-3,13-14-9-5-4-6-10-14)24-18(16)15-11-7-8-12-23-15/h4-12,16-18,24H,13H2,1-3H3/t16-,17+,18-,22-/m1/s1. The van der Waals surface area contributed by atoms with Gasteiger partial charge in [0.05, 0.1) is 39.0 Å². The first-order chi connectivity index (χ1) is 14.5. The van der Waals surface area contributed by atoms with Crippen LogP contribution in [0.2, 0.25) is 0 Å². The van der Waals surface area contributed by atoms with Gasteiger partial charge in [0.1, 0.15) is 11.5 Å². The summed E-state index contributed by atoms with van der Waals surface area (Å²) >= 11 is 0. The molecule has 8 nitrogen and oxygen atoms in total. The van der Waals surface area contributed by atoms with Crippen molar-refractivity contribution in [1.82, 2.24) is 10.3 Å². The number of nitrogens with zero attached hydrogens (tertiary/aromatic N) is 1. The molecule has 158 valence electrons. The maximum atomic E-state index is 13.1. The Morgan fingerprint density at radius 2 is 1.60 bits per heavy atom. The molecule has 2 heterocycles. The molecule has 1 fully saturated rings. The van der Waals surface area contributed by atoms with Gasteiger partial charge in [-0.3, -0.25) is 24.7 Å². The van der Waals surface area contributed by atoms with Gasteiger partial charge in [0, 0.05) is 12.6 Å². The lowest BCUT2D eigenvalue weighted by atomic mass is 9.75. The summed E-state index contributed by atoms with van der Waals surface area (Å²) < 4.78 is 15.1. The number of nitrogens with one attached hydrogen (secondary N) is 1. The number of pyridine rings is 1. The molecule has 2 aromatic rings. The molecule has 4 atom stereocenters. The number of carbonyl (C=O) groups excluding carboxylic acids is 3. The SMILES string of the molecule is COC(=O)[C@H]1[C@@H](c2ccccn2)N[C@@](Cc2ccccc2)(C(=O)OC)[C@@H]1C(=O)OC.